The second kappa shape index (κ2) is 8.03. The van der Waals surface area contributed by atoms with Crippen molar-refractivity contribution in [2.45, 2.75) is 31.0 Å². The molecule has 1 aliphatic heterocycles. The van der Waals surface area contributed by atoms with E-state index in [-0.39, 0.29) is 17.9 Å². The van der Waals surface area contributed by atoms with Crippen LogP contribution in [0.25, 0.3) is 0 Å². The highest BCUT2D eigenvalue weighted by Gasteiger charge is 2.29. The number of hydrogen-bond donors (Lipinski definition) is 2. The number of aliphatic hydroxyl groups is 1. The highest BCUT2D eigenvalue weighted by Crippen LogP contribution is 2.30. The third-order valence-corrected chi connectivity index (χ3v) is 4.34. The Morgan fingerprint density at radius 2 is 1.96 bits per heavy atom. The number of carbonyl (C=O) groups is 1. The largest absolute Gasteiger partial charge is 0.442 e. The predicted molar refractivity (Wildman–Crippen MR) is 84.1 cm³/mol. The average molecular weight is 348 g/mol. The van der Waals surface area contributed by atoms with Gasteiger partial charge in [0.25, 0.3) is 0 Å². The zero-order valence-corrected chi connectivity index (χ0v) is 13.3. The quantitative estimate of drug-likeness (QED) is 0.859. The van der Waals surface area contributed by atoms with Crippen molar-refractivity contribution in [3.63, 3.8) is 0 Å². The number of nitrogens with zero attached hydrogens (tertiary/aromatic N) is 1. The Kier molecular flexibility index (Phi) is 6.32. The van der Waals surface area contributed by atoms with E-state index in [1.54, 1.807) is 12.1 Å². The number of rotatable bonds is 5. The molecule has 1 amide bonds. The molecule has 8 heteroatoms. The minimum atomic E-state index is -4.41. The van der Waals surface area contributed by atoms with E-state index in [4.69, 9.17) is 0 Å². The summed E-state index contributed by atoms with van der Waals surface area (Å²) in [6.07, 6.45) is 1.15. The van der Waals surface area contributed by atoms with Gasteiger partial charge in [0.2, 0.25) is 5.91 Å². The lowest BCUT2D eigenvalue weighted by Gasteiger charge is -2.30. The van der Waals surface area contributed by atoms with Crippen LogP contribution in [0.4, 0.5) is 18.9 Å². The summed E-state index contributed by atoms with van der Waals surface area (Å²) in [5, 5.41) is 12.1. The zero-order chi connectivity index (χ0) is 16.9. The molecule has 1 aromatic rings. The van der Waals surface area contributed by atoms with Gasteiger partial charge in [0, 0.05) is 25.3 Å². The normalized spacial score (nSPS) is 17.2. The molecular weight excluding hydrogens is 329 g/mol. The number of likely N-dealkylation sites (tertiary alicyclic amines) is 1. The number of alkyl halides is 3. The van der Waals surface area contributed by atoms with Gasteiger partial charge in [-0.05, 0) is 36.2 Å². The van der Waals surface area contributed by atoms with Gasteiger partial charge in [-0.3, -0.25) is 9.69 Å². The first-order chi connectivity index (χ1) is 10.8. The second-order valence-corrected chi connectivity index (χ2v) is 6.49. The Bertz CT molecular complexity index is 532. The molecule has 1 heterocycles. The molecule has 0 aromatic heterocycles. The first-order valence-electron chi connectivity index (χ1n) is 7.32. The van der Waals surface area contributed by atoms with Gasteiger partial charge in [-0.15, -0.1) is 0 Å². The molecule has 1 saturated heterocycles. The molecule has 1 aliphatic rings. The highest BCUT2D eigenvalue weighted by molar-refractivity contribution is 8.00. The van der Waals surface area contributed by atoms with Crippen molar-refractivity contribution in [1.82, 2.24) is 4.90 Å². The van der Waals surface area contributed by atoms with Crippen molar-refractivity contribution in [3.05, 3.63) is 29.8 Å². The number of para-hydroxylation sites is 1. The number of thioether (sulfide) groups is 1. The number of aliphatic hydroxyl groups excluding tert-OH is 1. The number of nitrogens with one attached hydrogen (secondary N) is 1. The molecule has 1 aromatic carbocycles. The van der Waals surface area contributed by atoms with E-state index in [1.165, 1.54) is 0 Å². The number of anilines is 1. The van der Waals surface area contributed by atoms with Crippen LogP contribution in [0.3, 0.4) is 0 Å². The Labute approximate surface area is 137 Å². The number of carbonyl (C=O) groups excluding carboxylic acids is 1. The lowest BCUT2D eigenvalue weighted by atomic mass is 10.1. The van der Waals surface area contributed by atoms with Crippen molar-refractivity contribution < 1.29 is 23.1 Å². The molecule has 0 unspecified atom stereocenters. The summed E-state index contributed by atoms with van der Waals surface area (Å²) in [5.74, 6) is -1.33. The highest BCUT2D eigenvalue weighted by atomic mass is 32.2. The number of hydrogen-bond acceptors (Lipinski definition) is 4. The Morgan fingerprint density at radius 1 is 1.30 bits per heavy atom. The third-order valence-electron chi connectivity index (χ3n) is 3.61. The van der Waals surface area contributed by atoms with Crippen LogP contribution < -0.4 is 5.32 Å². The van der Waals surface area contributed by atoms with Crippen molar-refractivity contribution in [3.8, 4) is 0 Å². The van der Waals surface area contributed by atoms with Crippen LogP contribution in [0.5, 0.6) is 0 Å². The minimum absolute atomic E-state index is 0.263. The molecule has 4 nitrogen and oxygen atoms in total. The molecule has 0 bridgehead atoms. The van der Waals surface area contributed by atoms with Gasteiger partial charge in [-0.25, -0.2) is 0 Å². The fourth-order valence-electron chi connectivity index (χ4n) is 2.43. The van der Waals surface area contributed by atoms with Crippen LogP contribution in [0.2, 0.25) is 0 Å². The van der Waals surface area contributed by atoms with Gasteiger partial charge in [0.1, 0.15) is 0 Å². The number of piperidine rings is 1. The van der Waals surface area contributed by atoms with Crippen LogP contribution in [-0.2, 0) is 11.3 Å². The fourth-order valence-corrected chi connectivity index (χ4v) is 2.80. The average Bonchev–Trinajstić information content (AvgIpc) is 2.49. The van der Waals surface area contributed by atoms with Crippen molar-refractivity contribution >= 4 is 23.4 Å². The van der Waals surface area contributed by atoms with Crippen LogP contribution in [0.15, 0.2) is 24.3 Å². The van der Waals surface area contributed by atoms with Gasteiger partial charge in [0.05, 0.1) is 11.9 Å². The van der Waals surface area contributed by atoms with E-state index in [2.05, 4.69) is 10.2 Å². The van der Waals surface area contributed by atoms with E-state index >= 15 is 0 Å². The molecule has 0 saturated carbocycles. The topological polar surface area (TPSA) is 52.6 Å². The Balaban J connectivity index is 1.93. The van der Waals surface area contributed by atoms with Crippen LogP contribution in [0.1, 0.15) is 18.4 Å². The number of halogens is 3. The third kappa shape index (κ3) is 6.40. The maximum atomic E-state index is 12.1. The molecule has 1 fully saturated rings. The molecule has 2 rings (SSSR count). The summed E-state index contributed by atoms with van der Waals surface area (Å²) in [6, 6.07) is 7.09. The monoisotopic (exact) mass is 348 g/mol. The van der Waals surface area contributed by atoms with Crippen molar-refractivity contribution in [2.75, 3.05) is 24.2 Å². The Hall–Kier alpha value is -1.25. The number of benzene rings is 1. The maximum absolute atomic E-state index is 12.1. The van der Waals surface area contributed by atoms with Gasteiger partial charge in [0.15, 0.2) is 0 Å². The van der Waals surface area contributed by atoms with E-state index < -0.39 is 17.2 Å². The molecule has 0 radical (unpaired) electrons. The SMILES string of the molecule is O=C(CSC(F)(F)F)Nc1ccccc1CN1CCC(O)CC1. The molecule has 0 atom stereocenters. The molecule has 0 spiro atoms. The van der Waals surface area contributed by atoms with E-state index in [0.29, 0.717) is 25.1 Å². The van der Waals surface area contributed by atoms with E-state index in [0.717, 1.165) is 18.7 Å². The van der Waals surface area contributed by atoms with Crippen molar-refractivity contribution in [2.24, 2.45) is 0 Å². The molecular formula is C15H19F3N2O2S. The molecule has 2 N–H and O–H groups in total. The number of amides is 1. The standard InChI is InChI=1S/C15H19F3N2O2S/c16-15(17,18)23-10-14(22)19-13-4-2-1-3-11(13)9-20-7-5-12(21)6-8-20/h1-4,12,21H,5-10H2,(H,19,22). The minimum Gasteiger partial charge on any atom is -0.393 e. The summed E-state index contributed by atoms with van der Waals surface area (Å²) in [4.78, 5) is 13.8. The lowest BCUT2D eigenvalue weighted by Crippen LogP contribution is -2.35. The summed E-state index contributed by atoms with van der Waals surface area (Å²) >= 11 is -0.348. The fraction of sp³-hybridized carbons (Fsp3) is 0.533. The summed E-state index contributed by atoms with van der Waals surface area (Å²) in [6.45, 7) is 2.11. The van der Waals surface area contributed by atoms with Gasteiger partial charge >= 0.3 is 5.51 Å². The van der Waals surface area contributed by atoms with E-state index in [9.17, 15) is 23.1 Å². The van der Waals surface area contributed by atoms with Crippen LogP contribution >= 0.6 is 11.8 Å². The zero-order valence-electron chi connectivity index (χ0n) is 12.5. The molecule has 128 valence electrons. The first kappa shape index (κ1) is 18.1. The summed E-state index contributed by atoms with van der Waals surface area (Å²) < 4.78 is 36.4. The van der Waals surface area contributed by atoms with Crippen LogP contribution in [0, 0.1) is 0 Å². The van der Waals surface area contributed by atoms with Crippen LogP contribution in [-0.4, -0.2) is 46.4 Å². The van der Waals surface area contributed by atoms with Gasteiger partial charge in [-0.1, -0.05) is 18.2 Å². The summed E-state index contributed by atoms with van der Waals surface area (Å²) in [5.41, 5.74) is -3.02. The van der Waals surface area contributed by atoms with Gasteiger partial charge < -0.3 is 10.4 Å². The van der Waals surface area contributed by atoms with Crippen molar-refractivity contribution in [1.29, 1.82) is 0 Å². The molecule has 0 aliphatic carbocycles. The second-order valence-electron chi connectivity index (χ2n) is 5.45. The lowest BCUT2D eigenvalue weighted by molar-refractivity contribution is -0.114. The summed E-state index contributed by atoms with van der Waals surface area (Å²) in [7, 11) is 0. The first-order valence-corrected chi connectivity index (χ1v) is 8.31. The molecule has 23 heavy (non-hydrogen) atoms. The predicted octanol–water partition coefficient (Wildman–Crippen LogP) is 2.83. The Morgan fingerprint density at radius 3 is 2.61 bits per heavy atom. The van der Waals surface area contributed by atoms with Gasteiger partial charge in [-0.2, -0.15) is 13.2 Å². The smallest absolute Gasteiger partial charge is 0.393 e. The van der Waals surface area contributed by atoms with E-state index in [1.807, 2.05) is 12.1 Å². The maximum Gasteiger partial charge on any atom is 0.442 e.